The van der Waals surface area contributed by atoms with Crippen LogP contribution < -0.4 is 5.32 Å². The van der Waals surface area contributed by atoms with E-state index in [-0.39, 0.29) is 12.5 Å². The van der Waals surface area contributed by atoms with Gasteiger partial charge in [0.1, 0.15) is 0 Å². The number of aliphatic hydroxyl groups is 2. The summed E-state index contributed by atoms with van der Waals surface area (Å²) in [5.74, 6) is -0.0254. The molecule has 59 heavy (non-hydrogen) atoms. The normalized spacial score (nSPS) is 12.8. The van der Waals surface area contributed by atoms with Crippen LogP contribution in [0.5, 0.6) is 0 Å². The van der Waals surface area contributed by atoms with Gasteiger partial charge in [-0.25, -0.2) is 0 Å². The van der Waals surface area contributed by atoms with Crippen LogP contribution in [0, 0.1) is 0 Å². The maximum atomic E-state index is 12.5. The number of aliphatic hydroxyl groups excluding tert-OH is 2. The topological polar surface area (TPSA) is 69.6 Å². The van der Waals surface area contributed by atoms with E-state index in [0.717, 1.165) is 25.7 Å². The molecular weight excluding hydrogens is 723 g/mol. The SMILES string of the molecule is CCCCCCCCCCCCCC/C=C\CCCCCCCCCCCCCCCCCCC(=O)NC(CO)C(O)CCCCCCCCCCCCCCCCC. The molecule has 0 bridgehead atoms. The standard InChI is InChI=1S/C55H109NO3/c1-3-5-7-9-11-13-15-17-19-20-21-22-23-24-25-26-27-28-29-30-31-32-33-34-35-37-39-41-43-45-47-49-51-55(59)56-53(52-57)54(58)50-48-46-44-42-40-38-36-18-16-14-12-10-8-6-4-2/h24-25,53-54,57-58H,3-23,26-52H2,1-2H3,(H,56,59)/b25-24-. The molecule has 0 spiro atoms. The molecule has 0 aromatic heterocycles. The molecule has 0 saturated heterocycles. The van der Waals surface area contributed by atoms with E-state index >= 15 is 0 Å². The lowest BCUT2D eigenvalue weighted by atomic mass is 10.0. The summed E-state index contributed by atoms with van der Waals surface area (Å²) in [5.41, 5.74) is 0. The first-order valence-corrected chi connectivity index (χ1v) is 27.4. The van der Waals surface area contributed by atoms with Gasteiger partial charge in [-0.15, -0.1) is 0 Å². The van der Waals surface area contributed by atoms with Gasteiger partial charge in [0.2, 0.25) is 5.91 Å². The van der Waals surface area contributed by atoms with E-state index in [9.17, 15) is 15.0 Å². The fourth-order valence-electron chi connectivity index (χ4n) is 8.83. The van der Waals surface area contributed by atoms with Crippen molar-refractivity contribution in [2.45, 2.75) is 328 Å². The van der Waals surface area contributed by atoms with E-state index in [1.807, 2.05) is 0 Å². The van der Waals surface area contributed by atoms with Crippen LogP contribution in [0.2, 0.25) is 0 Å². The Morgan fingerprint density at radius 3 is 0.932 bits per heavy atom. The lowest BCUT2D eigenvalue weighted by molar-refractivity contribution is -0.123. The van der Waals surface area contributed by atoms with Crippen molar-refractivity contribution < 1.29 is 15.0 Å². The van der Waals surface area contributed by atoms with E-state index in [2.05, 4.69) is 31.3 Å². The number of amides is 1. The summed E-state index contributed by atoms with van der Waals surface area (Å²) < 4.78 is 0. The number of hydrogen-bond donors (Lipinski definition) is 3. The third-order valence-electron chi connectivity index (χ3n) is 13.0. The summed E-state index contributed by atoms with van der Waals surface area (Å²) in [5, 5.41) is 23.3. The van der Waals surface area contributed by atoms with Crippen molar-refractivity contribution >= 4 is 5.91 Å². The summed E-state index contributed by atoms with van der Waals surface area (Å²) >= 11 is 0. The first kappa shape index (κ1) is 58.1. The predicted octanol–water partition coefficient (Wildman–Crippen LogP) is 17.8. The van der Waals surface area contributed by atoms with Crippen molar-refractivity contribution in [3.8, 4) is 0 Å². The van der Waals surface area contributed by atoms with Crippen molar-refractivity contribution in [2.75, 3.05) is 6.61 Å². The summed E-state index contributed by atoms with van der Waals surface area (Å²) in [6.45, 7) is 4.39. The second kappa shape index (κ2) is 51.5. The zero-order valence-corrected chi connectivity index (χ0v) is 40.6. The van der Waals surface area contributed by atoms with Gasteiger partial charge in [0, 0.05) is 6.42 Å². The average molecular weight is 832 g/mol. The molecule has 4 nitrogen and oxygen atoms in total. The van der Waals surface area contributed by atoms with E-state index in [1.165, 1.54) is 263 Å². The maximum absolute atomic E-state index is 12.5. The Kier molecular flexibility index (Phi) is 50.7. The highest BCUT2D eigenvalue weighted by Crippen LogP contribution is 2.18. The Hall–Kier alpha value is -0.870. The van der Waals surface area contributed by atoms with Gasteiger partial charge >= 0.3 is 0 Å². The number of unbranched alkanes of at least 4 members (excludes halogenated alkanes) is 42. The summed E-state index contributed by atoms with van der Waals surface area (Å²) in [6, 6.07) is -0.532. The molecule has 0 heterocycles. The van der Waals surface area contributed by atoms with Crippen LogP contribution in [0.15, 0.2) is 12.2 Å². The number of allylic oxidation sites excluding steroid dienone is 2. The van der Waals surface area contributed by atoms with Gasteiger partial charge in [0.15, 0.2) is 0 Å². The van der Waals surface area contributed by atoms with Gasteiger partial charge in [-0.1, -0.05) is 283 Å². The second-order valence-corrected chi connectivity index (χ2v) is 19.0. The van der Waals surface area contributed by atoms with Crippen LogP contribution in [0.4, 0.5) is 0 Å². The molecule has 352 valence electrons. The summed E-state index contributed by atoms with van der Waals surface area (Å²) in [6.07, 6.45) is 66.3. The molecule has 0 saturated carbocycles. The van der Waals surface area contributed by atoms with Crippen molar-refractivity contribution in [3.05, 3.63) is 12.2 Å². The van der Waals surface area contributed by atoms with Crippen molar-refractivity contribution in [3.63, 3.8) is 0 Å². The molecule has 1 amide bonds. The first-order valence-electron chi connectivity index (χ1n) is 27.4. The smallest absolute Gasteiger partial charge is 0.220 e. The van der Waals surface area contributed by atoms with Crippen molar-refractivity contribution in [1.29, 1.82) is 0 Å². The van der Waals surface area contributed by atoms with Crippen LogP contribution >= 0.6 is 0 Å². The van der Waals surface area contributed by atoms with Gasteiger partial charge in [0.25, 0.3) is 0 Å². The summed E-state index contributed by atoms with van der Waals surface area (Å²) in [4.78, 5) is 12.5. The second-order valence-electron chi connectivity index (χ2n) is 19.0. The number of nitrogens with one attached hydrogen (secondary N) is 1. The molecule has 0 aromatic carbocycles. The molecular formula is C55H109NO3. The van der Waals surface area contributed by atoms with Crippen LogP contribution in [0.3, 0.4) is 0 Å². The van der Waals surface area contributed by atoms with E-state index in [4.69, 9.17) is 0 Å². The minimum absolute atomic E-state index is 0.0254. The molecule has 4 heteroatoms. The molecule has 2 atom stereocenters. The Morgan fingerprint density at radius 2 is 0.644 bits per heavy atom. The highest BCUT2D eigenvalue weighted by Gasteiger charge is 2.20. The highest BCUT2D eigenvalue weighted by atomic mass is 16.3. The summed E-state index contributed by atoms with van der Waals surface area (Å²) in [7, 11) is 0. The molecule has 0 aromatic rings. The fraction of sp³-hybridized carbons (Fsp3) is 0.945. The zero-order valence-electron chi connectivity index (χ0n) is 40.6. The Balaban J connectivity index is 3.39. The van der Waals surface area contributed by atoms with Crippen LogP contribution in [-0.4, -0.2) is 34.9 Å². The van der Waals surface area contributed by atoms with Gasteiger partial charge in [-0.05, 0) is 38.5 Å². The van der Waals surface area contributed by atoms with Gasteiger partial charge in [-0.2, -0.15) is 0 Å². The van der Waals surface area contributed by atoms with E-state index < -0.39 is 12.1 Å². The monoisotopic (exact) mass is 832 g/mol. The quantitative estimate of drug-likeness (QED) is 0.0422. The third-order valence-corrected chi connectivity index (χ3v) is 13.0. The minimum atomic E-state index is -0.655. The van der Waals surface area contributed by atoms with E-state index in [1.54, 1.807) is 0 Å². The average Bonchev–Trinajstić information content (AvgIpc) is 3.24. The molecule has 0 rings (SSSR count). The Morgan fingerprint density at radius 1 is 0.390 bits per heavy atom. The predicted molar refractivity (Wildman–Crippen MR) is 263 cm³/mol. The molecule has 0 fully saturated rings. The van der Waals surface area contributed by atoms with Gasteiger partial charge in [0.05, 0.1) is 18.8 Å². The highest BCUT2D eigenvalue weighted by molar-refractivity contribution is 5.76. The third kappa shape index (κ3) is 48.0. The molecule has 0 radical (unpaired) electrons. The lowest BCUT2D eigenvalue weighted by Crippen LogP contribution is -2.45. The molecule has 0 aliphatic carbocycles. The fourth-order valence-corrected chi connectivity index (χ4v) is 8.83. The van der Waals surface area contributed by atoms with Crippen LogP contribution in [-0.2, 0) is 4.79 Å². The van der Waals surface area contributed by atoms with Gasteiger partial charge < -0.3 is 15.5 Å². The molecule has 2 unspecified atom stereocenters. The van der Waals surface area contributed by atoms with E-state index in [0.29, 0.717) is 12.8 Å². The van der Waals surface area contributed by atoms with Crippen LogP contribution in [0.25, 0.3) is 0 Å². The lowest BCUT2D eigenvalue weighted by Gasteiger charge is -2.22. The first-order chi connectivity index (χ1) is 29.2. The number of hydrogen-bond acceptors (Lipinski definition) is 3. The van der Waals surface area contributed by atoms with Crippen molar-refractivity contribution in [2.24, 2.45) is 0 Å². The Labute approximate surface area is 371 Å². The minimum Gasteiger partial charge on any atom is -0.394 e. The molecule has 0 aliphatic rings. The number of rotatable bonds is 51. The molecule has 0 aliphatic heterocycles. The number of carbonyl (C=O) groups excluding carboxylic acids is 1. The largest absolute Gasteiger partial charge is 0.394 e. The Bertz CT molecular complexity index is 814. The molecule has 3 N–H and O–H groups in total. The van der Waals surface area contributed by atoms with Crippen LogP contribution in [0.1, 0.15) is 316 Å². The maximum Gasteiger partial charge on any atom is 0.220 e. The number of carbonyl (C=O) groups is 1. The van der Waals surface area contributed by atoms with Gasteiger partial charge in [-0.3, -0.25) is 4.79 Å². The van der Waals surface area contributed by atoms with Crippen molar-refractivity contribution in [1.82, 2.24) is 5.32 Å². The zero-order chi connectivity index (χ0) is 42.8.